The fourth-order valence-electron chi connectivity index (χ4n) is 2.44. The van der Waals surface area contributed by atoms with E-state index in [0.29, 0.717) is 17.5 Å². The Morgan fingerprint density at radius 2 is 1.74 bits per heavy atom. The van der Waals surface area contributed by atoms with Crippen LogP contribution in [-0.2, 0) is 0 Å². The molecule has 1 aromatic rings. The van der Waals surface area contributed by atoms with Crippen LogP contribution in [0.5, 0.6) is 0 Å². The Bertz CT molecular complexity index is 883. The van der Waals surface area contributed by atoms with Gasteiger partial charge >= 0.3 is 0 Å². The first-order valence-electron chi connectivity index (χ1n) is 8.94. The Hall–Kier alpha value is -3.33. The fourth-order valence-corrected chi connectivity index (χ4v) is 2.44. The molecule has 0 aromatic carbocycles. The van der Waals surface area contributed by atoms with Crippen molar-refractivity contribution < 1.29 is 0 Å². The van der Waals surface area contributed by atoms with Crippen molar-refractivity contribution in [3.63, 3.8) is 0 Å². The first-order chi connectivity index (χ1) is 13.2. The Balaban J connectivity index is 2.71. The summed E-state index contributed by atoms with van der Waals surface area (Å²) >= 11 is 0. The summed E-state index contributed by atoms with van der Waals surface area (Å²) in [6.45, 7) is 11.6. The average Bonchev–Trinajstić information content (AvgIpc) is 2.98. The topological polar surface area (TPSA) is 38.7 Å². The van der Waals surface area contributed by atoms with Gasteiger partial charge in [-0.3, -0.25) is 0 Å². The van der Waals surface area contributed by atoms with Crippen molar-refractivity contribution in [3.05, 3.63) is 110 Å². The summed E-state index contributed by atoms with van der Waals surface area (Å²) in [7, 11) is 0. The van der Waals surface area contributed by atoms with E-state index >= 15 is 0 Å². The van der Waals surface area contributed by atoms with E-state index in [1.807, 2.05) is 68.5 Å². The maximum absolute atomic E-state index is 4.71. The lowest BCUT2D eigenvalue weighted by Gasteiger charge is -2.09. The van der Waals surface area contributed by atoms with Crippen LogP contribution in [0, 0.1) is 0 Å². The lowest BCUT2D eigenvalue weighted by molar-refractivity contribution is 0.971. The van der Waals surface area contributed by atoms with Gasteiger partial charge in [0, 0.05) is 16.7 Å². The number of hydrogen-bond donors (Lipinski definition) is 0. The largest absolute Gasteiger partial charge is 0.208 e. The zero-order chi connectivity index (χ0) is 19.5. The number of hydrogen-bond acceptors (Lipinski definition) is 3. The molecule has 0 radical (unpaired) electrons. The molecular formula is C24H25N3. The summed E-state index contributed by atoms with van der Waals surface area (Å²) in [5.41, 5.74) is 2.66. The van der Waals surface area contributed by atoms with Gasteiger partial charge < -0.3 is 0 Å². The predicted molar refractivity (Wildman–Crippen MR) is 117 cm³/mol. The molecule has 0 aliphatic heterocycles. The molecule has 136 valence electrons. The van der Waals surface area contributed by atoms with Crippen LogP contribution in [0.4, 0.5) is 0 Å². The van der Waals surface area contributed by atoms with Crippen molar-refractivity contribution in [1.82, 2.24) is 15.0 Å². The van der Waals surface area contributed by atoms with Gasteiger partial charge in [-0.1, -0.05) is 92.1 Å². The third-order valence-electron chi connectivity index (χ3n) is 3.72. The van der Waals surface area contributed by atoms with E-state index in [0.717, 1.165) is 23.1 Å². The second kappa shape index (κ2) is 10.6. The minimum atomic E-state index is 0.588. The van der Waals surface area contributed by atoms with Crippen molar-refractivity contribution >= 4 is 16.7 Å². The molecule has 0 N–H and O–H groups in total. The molecule has 0 saturated heterocycles. The van der Waals surface area contributed by atoms with Gasteiger partial charge in [-0.15, -0.1) is 0 Å². The van der Waals surface area contributed by atoms with E-state index in [-0.39, 0.29) is 0 Å². The van der Waals surface area contributed by atoms with Gasteiger partial charge in [0.05, 0.1) is 0 Å². The van der Waals surface area contributed by atoms with Crippen molar-refractivity contribution in [3.8, 4) is 0 Å². The molecule has 0 bridgehead atoms. The van der Waals surface area contributed by atoms with Crippen LogP contribution in [-0.4, -0.2) is 15.0 Å². The van der Waals surface area contributed by atoms with Crippen LogP contribution in [0.1, 0.15) is 37.7 Å². The predicted octanol–water partition coefficient (Wildman–Crippen LogP) is 6.06. The number of allylic oxidation sites excluding steroid dienone is 16. The molecule has 0 amide bonds. The minimum Gasteiger partial charge on any atom is -0.208 e. The normalized spacial score (nSPS) is 15.3. The molecule has 0 unspecified atom stereocenters. The molecule has 1 aliphatic rings. The van der Waals surface area contributed by atoms with Gasteiger partial charge in [0.25, 0.3) is 0 Å². The maximum atomic E-state index is 4.71. The summed E-state index contributed by atoms with van der Waals surface area (Å²) in [6, 6.07) is 0. The van der Waals surface area contributed by atoms with Gasteiger partial charge in [0.1, 0.15) is 0 Å². The van der Waals surface area contributed by atoms with E-state index in [2.05, 4.69) is 30.3 Å². The summed E-state index contributed by atoms with van der Waals surface area (Å²) < 4.78 is 0. The third kappa shape index (κ3) is 5.58. The van der Waals surface area contributed by atoms with Crippen LogP contribution in [0.2, 0.25) is 0 Å². The van der Waals surface area contributed by atoms with E-state index in [1.54, 1.807) is 12.2 Å². The standard InChI is InChI=1S/C24H25N3/c1-5-9-16-19(8-4)22-25-23(20(14-6-2)15-7-3)27-24(26-22)21-17-12-10-11-13-18-21/h5-10,12-18H,2,4,11H2,1,3H3/b9-5-,15-7-,19-16+,20-14+. The van der Waals surface area contributed by atoms with Gasteiger partial charge in [-0.25, -0.2) is 15.0 Å². The van der Waals surface area contributed by atoms with Gasteiger partial charge in [-0.2, -0.15) is 0 Å². The highest BCUT2D eigenvalue weighted by Crippen LogP contribution is 2.21. The highest BCUT2D eigenvalue weighted by molar-refractivity contribution is 5.77. The highest BCUT2D eigenvalue weighted by Gasteiger charge is 2.13. The molecule has 0 atom stereocenters. The molecule has 1 heterocycles. The summed E-state index contributed by atoms with van der Waals surface area (Å²) in [4.78, 5) is 14.1. The lowest BCUT2D eigenvalue weighted by Crippen LogP contribution is -2.06. The molecular weight excluding hydrogens is 330 g/mol. The monoisotopic (exact) mass is 355 g/mol. The van der Waals surface area contributed by atoms with E-state index < -0.39 is 0 Å². The molecule has 1 aromatic heterocycles. The van der Waals surface area contributed by atoms with Crippen molar-refractivity contribution in [2.45, 2.75) is 20.3 Å². The zero-order valence-corrected chi connectivity index (χ0v) is 16.0. The fraction of sp³-hybridized carbons (Fsp3) is 0.125. The SMILES string of the molecule is C=C/C=C(\C=C/C)c1nc(C2=CC=CCC=C2)nc(/C(C=C)=C/C=C\C)n1. The zero-order valence-electron chi connectivity index (χ0n) is 16.0. The number of rotatable bonds is 7. The first-order valence-corrected chi connectivity index (χ1v) is 8.94. The summed E-state index contributed by atoms with van der Waals surface area (Å²) in [6.07, 6.45) is 26.3. The average molecular weight is 355 g/mol. The maximum Gasteiger partial charge on any atom is 0.164 e. The molecule has 3 nitrogen and oxygen atoms in total. The lowest BCUT2D eigenvalue weighted by atomic mass is 10.1. The second-order valence-corrected chi connectivity index (χ2v) is 5.70. The van der Waals surface area contributed by atoms with Crippen LogP contribution in [0.15, 0.2) is 92.1 Å². The van der Waals surface area contributed by atoms with E-state index in [1.165, 1.54) is 0 Å². The Labute approximate surface area is 162 Å². The Kier molecular flexibility index (Phi) is 7.86. The van der Waals surface area contributed by atoms with Crippen molar-refractivity contribution in [1.29, 1.82) is 0 Å². The smallest absolute Gasteiger partial charge is 0.164 e. The Morgan fingerprint density at radius 3 is 2.41 bits per heavy atom. The minimum absolute atomic E-state index is 0.588. The molecule has 3 heteroatoms. The molecule has 0 fully saturated rings. The molecule has 0 saturated carbocycles. The quantitative estimate of drug-likeness (QED) is 0.558. The van der Waals surface area contributed by atoms with E-state index in [9.17, 15) is 0 Å². The van der Waals surface area contributed by atoms with Gasteiger partial charge in [0.2, 0.25) is 0 Å². The second-order valence-electron chi connectivity index (χ2n) is 5.70. The highest BCUT2D eigenvalue weighted by atomic mass is 15.0. The third-order valence-corrected chi connectivity index (χ3v) is 3.72. The Morgan fingerprint density at radius 1 is 0.963 bits per heavy atom. The van der Waals surface area contributed by atoms with Crippen molar-refractivity contribution in [2.24, 2.45) is 0 Å². The van der Waals surface area contributed by atoms with Gasteiger partial charge in [0.15, 0.2) is 17.5 Å². The first kappa shape index (κ1) is 20.0. The van der Waals surface area contributed by atoms with Crippen LogP contribution >= 0.6 is 0 Å². The van der Waals surface area contributed by atoms with Crippen LogP contribution < -0.4 is 0 Å². The van der Waals surface area contributed by atoms with Crippen LogP contribution in [0.3, 0.4) is 0 Å². The summed E-state index contributed by atoms with van der Waals surface area (Å²) in [5, 5.41) is 0. The van der Waals surface area contributed by atoms with Gasteiger partial charge in [-0.05, 0) is 20.3 Å². The molecule has 27 heavy (non-hydrogen) atoms. The molecule has 2 rings (SSSR count). The number of nitrogens with zero attached hydrogens (tertiary/aromatic N) is 3. The van der Waals surface area contributed by atoms with Crippen molar-refractivity contribution in [2.75, 3.05) is 0 Å². The molecule has 0 spiro atoms. The van der Waals surface area contributed by atoms with E-state index in [4.69, 9.17) is 9.97 Å². The van der Waals surface area contributed by atoms with Crippen LogP contribution in [0.25, 0.3) is 16.7 Å². The summed E-state index contributed by atoms with van der Waals surface area (Å²) in [5.74, 6) is 1.82. The number of aromatic nitrogens is 3. The molecule has 1 aliphatic carbocycles.